The van der Waals surface area contributed by atoms with E-state index >= 15 is 0 Å². The summed E-state index contributed by atoms with van der Waals surface area (Å²) in [6.45, 7) is 0.203. The molecule has 86 valence electrons. The van der Waals surface area contributed by atoms with Gasteiger partial charge in [-0.05, 0) is 6.07 Å². The molecule has 0 aromatic heterocycles. The van der Waals surface area contributed by atoms with Crippen molar-refractivity contribution in [1.29, 1.82) is 0 Å². The van der Waals surface area contributed by atoms with Gasteiger partial charge < -0.3 is 14.6 Å². The molecule has 0 amide bonds. The Balaban J connectivity index is 2.06. The first-order valence-corrected chi connectivity index (χ1v) is 5.97. The van der Waals surface area contributed by atoms with Crippen molar-refractivity contribution in [3.8, 4) is 11.5 Å². The van der Waals surface area contributed by atoms with Crippen molar-refractivity contribution >= 4 is 29.3 Å². The van der Waals surface area contributed by atoms with Crippen molar-refractivity contribution in [2.45, 2.75) is 11.3 Å². The number of fused-ring (bicyclic) bond motifs is 1. The molecule has 0 saturated heterocycles. The average molecular weight is 261 g/mol. The number of thioether (sulfide) groups is 1. The molecule has 16 heavy (non-hydrogen) atoms. The molecule has 0 unspecified atom stereocenters. The van der Waals surface area contributed by atoms with Crippen LogP contribution in [0.25, 0.3) is 0 Å². The SMILES string of the molecule is O=C(O)CCSc1cc2c(cc1Cl)OCO2. The number of halogens is 1. The van der Waals surface area contributed by atoms with Crippen molar-refractivity contribution in [2.75, 3.05) is 12.5 Å². The minimum absolute atomic E-state index is 0.107. The number of carbonyl (C=O) groups is 1. The van der Waals surface area contributed by atoms with Crippen LogP contribution in [-0.2, 0) is 4.79 Å². The molecule has 2 rings (SSSR count). The average Bonchev–Trinajstić information content (AvgIpc) is 2.64. The second-order valence-electron chi connectivity index (χ2n) is 3.13. The van der Waals surface area contributed by atoms with Gasteiger partial charge in [0.15, 0.2) is 11.5 Å². The smallest absolute Gasteiger partial charge is 0.304 e. The number of rotatable bonds is 4. The largest absolute Gasteiger partial charge is 0.481 e. The Kier molecular flexibility index (Phi) is 3.46. The van der Waals surface area contributed by atoms with Gasteiger partial charge in [-0.15, -0.1) is 11.8 Å². The quantitative estimate of drug-likeness (QED) is 0.844. The van der Waals surface area contributed by atoms with Crippen LogP contribution in [0.1, 0.15) is 6.42 Å². The zero-order valence-electron chi connectivity index (χ0n) is 8.23. The van der Waals surface area contributed by atoms with Gasteiger partial charge in [-0.25, -0.2) is 0 Å². The molecule has 0 spiro atoms. The Bertz CT molecular complexity index is 422. The summed E-state index contributed by atoms with van der Waals surface area (Å²) in [4.78, 5) is 11.2. The standard InChI is InChI=1S/C10H9ClO4S/c11-6-3-7-8(15-5-14-7)4-9(6)16-2-1-10(12)13/h3-4H,1-2,5H2,(H,12,13). The highest BCUT2D eigenvalue weighted by Gasteiger charge is 2.16. The molecule has 4 nitrogen and oxygen atoms in total. The summed E-state index contributed by atoms with van der Waals surface area (Å²) in [6, 6.07) is 3.46. The van der Waals surface area contributed by atoms with Crippen LogP contribution in [0.5, 0.6) is 11.5 Å². The first kappa shape index (κ1) is 11.4. The maximum Gasteiger partial charge on any atom is 0.304 e. The molecule has 0 bridgehead atoms. The third-order valence-corrected chi connectivity index (χ3v) is 3.48. The lowest BCUT2D eigenvalue weighted by Crippen LogP contribution is -1.95. The zero-order chi connectivity index (χ0) is 11.5. The third-order valence-electron chi connectivity index (χ3n) is 2.00. The number of benzene rings is 1. The maximum atomic E-state index is 10.4. The van der Waals surface area contributed by atoms with Crippen LogP contribution in [-0.4, -0.2) is 23.6 Å². The van der Waals surface area contributed by atoms with Crippen LogP contribution in [0.2, 0.25) is 5.02 Å². The Morgan fingerprint density at radius 2 is 2.12 bits per heavy atom. The number of carboxylic acid groups (broad SMARTS) is 1. The maximum absolute atomic E-state index is 10.4. The van der Waals surface area contributed by atoms with E-state index in [1.807, 2.05) is 0 Å². The molecule has 1 aliphatic rings. The Morgan fingerprint density at radius 1 is 1.44 bits per heavy atom. The van der Waals surface area contributed by atoms with Gasteiger partial charge in [0, 0.05) is 16.7 Å². The lowest BCUT2D eigenvalue weighted by Gasteiger charge is -2.04. The van der Waals surface area contributed by atoms with Crippen LogP contribution in [0, 0.1) is 0 Å². The Morgan fingerprint density at radius 3 is 2.81 bits per heavy atom. The lowest BCUT2D eigenvalue weighted by molar-refractivity contribution is -0.136. The van der Waals surface area contributed by atoms with Crippen molar-refractivity contribution in [3.05, 3.63) is 17.2 Å². The van der Waals surface area contributed by atoms with Gasteiger partial charge in [-0.3, -0.25) is 4.79 Å². The van der Waals surface area contributed by atoms with E-state index in [9.17, 15) is 4.79 Å². The van der Waals surface area contributed by atoms with E-state index in [0.29, 0.717) is 22.3 Å². The molecule has 0 radical (unpaired) electrons. The number of ether oxygens (including phenoxy) is 2. The van der Waals surface area contributed by atoms with E-state index in [4.69, 9.17) is 26.2 Å². The topological polar surface area (TPSA) is 55.8 Å². The fraction of sp³-hybridized carbons (Fsp3) is 0.300. The van der Waals surface area contributed by atoms with Crippen molar-refractivity contribution in [2.24, 2.45) is 0 Å². The monoisotopic (exact) mass is 260 g/mol. The normalized spacial score (nSPS) is 12.8. The summed E-state index contributed by atoms with van der Waals surface area (Å²) < 4.78 is 10.4. The van der Waals surface area contributed by atoms with Gasteiger partial charge in [0.2, 0.25) is 6.79 Å². The summed E-state index contributed by atoms with van der Waals surface area (Å²) in [6.07, 6.45) is 0.107. The summed E-state index contributed by atoms with van der Waals surface area (Å²) in [5.41, 5.74) is 0. The molecule has 0 fully saturated rings. The zero-order valence-corrected chi connectivity index (χ0v) is 9.81. The van der Waals surface area contributed by atoms with Gasteiger partial charge in [-0.2, -0.15) is 0 Å². The lowest BCUT2D eigenvalue weighted by atomic mass is 10.3. The molecule has 1 heterocycles. The Labute approximate surface area is 101 Å². The van der Waals surface area contributed by atoms with Gasteiger partial charge >= 0.3 is 5.97 Å². The number of hydrogen-bond acceptors (Lipinski definition) is 4. The fourth-order valence-electron chi connectivity index (χ4n) is 1.26. The molecular weight excluding hydrogens is 252 g/mol. The van der Waals surface area contributed by atoms with E-state index in [1.165, 1.54) is 11.8 Å². The van der Waals surface area contributed by atoms with E-state index in [2.05, 4.69) is 0 Å². The second kappa shape index (κ2) is 4.84. The molecule has 0 saturated carbocycles. The highest BCUT2D eigenvalue weighted by atomic mass is 35.5. The summed E-state index contributed by atoms with van der Waals surface area (Å²) in [5.74, 6) is 0.952. The van der Waals surface area contributed by atoms with Crippen molar-refractivity contribution in [3.63, 3.8) is 0 Å². The number of hydrogen-bond donors (Lipinski definition) is 1. The van der Waals surface area contributed by atoms with Gasteiger partial charge in [-0.1, -0.05) is 11.6 Å². The van der Waals surface area contributed by atoms with Crippen LogP contribution >= 0.6 is 23.4 Å². The van der Waals surface area contributed by atoms with Gasteiger partial charge in [0.05, 0.1) is 11.4 Å². The van der Waals surface area contributed by atoms with Crippen LogP contribution in [0.15, 0.2) is 17.0 Å². The number of carboxylic acids is 1. The molecule has 1 aromatic carbocycles. The summed E-state index contributed by atoms with van der Waals surface area (Å²) in [7, 11) is 0. The predicted molar refractivity (Wildman–Crippen MR) is 60.6 cm³/mol. The van der Waals surface area contributed by atoms with E-state index < -0.39 is 5.97 Å². The van der Waals surface area contributed by atoms with Crippen molar-refractivity contribution in [1.82, 2.24) is 0 Å². The minimum Gasteiger partial charge on any atom is -0.481 e. The summed E-state index contributed by atoms with van der Waals surface area (Å²) >= 11 is 7.41. The second-order valence-corrected chi connectivity index (χ2v) is 4.67. The number of aliphatic carboxylic acids is 1. The van der Waals surface area contributed by atoms with Gasteiger partial charge in [0.25, 0.3) is 0 Å². The molecule has 0 atom stereocenters. The highest BCUT2D eigenvalue weighted by Crippen LogP contribution is 2.40. The van der Waals surface area contributed by atoms with E-state index in [0.717, 1.165) is 4.90 Å². The third kappa shape index (κ3) is 2.54. The highest BCUT2D eigenvalue weighted by molar-refractivity contribution is 7.99. The summed E-state index contributed by atoms with van der Waals surface area (Å²) in [5, 5.41) is 9.08. The Hall–Kier alpha value is -1.07. The molecular formula is C10H9ClO4S. The van der Waals surface area contributed by atoms with Crippen molar-refractivity contribution < 1.29 is 19.4 Å². The molecule has 1 aromatic rings. The first-order chi connectivity index (χ1) is 7.66. The van der Waals surface area contributed by atoms with Gasteiger partial charge in [0.1, 0.15) is 0 Å². The minimum atomic E-state index is -0.815. The first-order valence-electron chi connectivity index (χ1n) is 4.60. The molecule has 1 N–H and O–H groups in total. The molecule has 6 heteroatoms. The van der Waals surface area contributed by atoms with E-state index in [-0.39, 0.29) is 13.2 Å². The van der Waals surface area contributed by atoms with E-state index in [1.54, 1.807) is 12.1 Å². The van der Waals surface area contributed by atoms with Crippen LogP contribution < -0.4 is 9.47 Å². The molecule has 1 aliphatic heterocycles. The molecule has 0 aliphatic carbocycles. The predicted octanol–water partition coefficient (Wildman–Crippen LogP) is 2.64. The van der Waals surface area contributed by atoms with Crippen LogP contribution in [0.3, 0.4) is 0 Å². The van der Waals surface area contributed by atoms with Crippen LogP contribution in [0.4, 0.5) is 0 Å². The fourth-order valence-corrected chi connectivity index (χ4v) is 2.46.